The molecule has 1 aromatic heterocycles. The Morgan fingerprint density at radius 1 is 1.21 bits per heavy atom. The monoisotopic (exact) mass is 474 g/mol. The highest BCUT2D eigenvalue weighted by molar-refractivity contribution is 5.86. The van der Waals surface area contributed by atoms with Gasteiger partial charge in [0.1, 0.15) is 11.6 Å². The number of nitrogens with zero attached hydrogens (tertiary/aromatic N) is 1. The van der Waals surface area contributed by atoms with Gasteiger partial charge < -0.3 is 14.8 Å². The summed E-state index contributed by atoms with van der Waals surface area (Å²) in [5.74, 6) is -3.12. The Morgan fingerprint density at radius 2 is 1.94 bits per heavy atom. The van der Waals surface area contributed by atoms with Crippen LogP contribution in [0, 0.1) is 11.6 Å². The first-order valence-electron chi connectivity index (χ1n) is 11.0. The van der Waals surface area contributed by atoms with Crippen LogP contribution in [0.25, 0.3) is 17.0 Å². The molecule has 1 unspecified atom stereocenters. The molecule has 0 amide bonds. The van der Waals surface area contributed by atoms with Crippen LogP contribution in [0.3, 0.4) is 0 Å². The highest BCUT2D eigenvalue weighted by Gasteiger charge is 2.47. The summed E-state index contributed by atoms with van der Waals surface area (Å²) in [4.78, 5) is 15.5. The summed E-state index contributed by atoms with van der Waals surface area (Å²) in [6.45, 7) is 0.575. The Balaban J connectivity index is 1.73. The fraction of sp³-hybridized carbons (Fsp3) is 0.320. The lowest BCUT2D eigenvalue weighted by Gasteiger charge is -2.45. The van der Waals surface area contributed by atoms with Crippen LogP contribution in [0.5, 0.6) is 0 Å². The van der Waals surface area contributed by atoms with Crippen LogP contribution < -0.4 is 0 Å². The quantitative estimate of drug-likeness (QED) is 0.407. The number of H-pyrrole nitrogens is 1. The van der Waals surface area contributed by atoms with Crippen molar-refractivity contribution in [1.29, 1.82) is 0 Å². The van der Waals surface area contributed by atoms with Gasteiger partial charge in [0, 0.05) is 40.9 Å². The molecule has 1 saturated heterocycles. The van der Waals surface area contributed by atoms with Gasteiger partial charge in [0.05, 0.1) is 18.7 Å². The number of hydrogen-bond donors (Lipinski definition) is 2. The zero-order valence-corrected chi connectivity index (χ0v) is 18.0. The zero-order valence-electron chi connectivity index (χ0n) is 18.0. The minimum Gasteiger partial charge on any atom is -0.478 e. The number of hydrogen-bond acceptors (Lipinski definition) is 3. The molecule has 3 aromatic rings. The molecule has 2 aliphatic rings. The molecule has 2 aromatic carbocycles. The molecule has 0 bridgehead atoms. The first-order chi connectivity index (χ1) is 16.3. The molecular weight excluding hydrogens is 452 g/mol. The van der Waals surface area contributed by atoms with Crippen LogP contribution in [0.15, 0.2) is 42.5 Å². The number of aromatic amines is 1. The van der Waals surface area contributed by atoms with Gasteiger partial charge in [-0.2, -0.15) is 0 Å². The maximum atomic E-state index is 15.5. The molecule has 9 heteroatoms. The third kappa shape index (κ3) is 3.88. The fourth-order valence-electron chi connectivity index (χ4n) is 5.21. The standard InChI is InChI=1S/C25H22F4N2O3/c26-17-9-13(5-6-21(32)33)10-18(27)22(17)24-23-16(15-3-1-2-4-19(15)30-23)11-20(25(28)29)31(24)14-7-8-34-12-14/h1-6,9-10,14,20,24-25,30H,7-8,11-12H2,(H,32,33)/b6-5+/t14?,20-,24+/m0/s1. The van der Waals surface area contributed by atoms with E-state index in [1.54, 1.807) is 18.2 Å². The summed E-state index contributed by atoms with van der Waals surface area (Å²) in [5, 5.41) is 9.57. The van der Waals surface area contributed by atoms with E-state index in [0.717, 1.165) is 29.7 Å². The number of carboxylic acids is 1. The summed E-state index contributed by atoms with van der Waals surface area (Å²) >= 11 is 0. The van der Waals surface area contributed by atoms with Crippen molar-refractivity contribution in [3.05, 3.63) is 76.5 Å². The Bertz CT molecular complexity index is 1240. The maximum Gasteiger partial charge on any atom is 0.328 e. The number of halogens is 4. The van der Waals surface area contributed by atoms with E-state index in [9.17, 15) is 13.6 Å². The third-order valence-corrected chi connectivity index (χ3v) is 6.63. The Morgan fingerprint density at radius 3 is 2.59 bits per heavy atom. The fourth-order valence-corrected chi connectivity index (χ4v) is 5.21. The van der Waals surface area contributed by atoms with E-state index in [1.165, 1.54) is 4.90 Å². The molecule has 0 spiro atoms. The summed E-state index contributed by atoms with van der Waals surface area (Å²) in [5.41, 5.74) is 1.48. The normalized spacial score (nSPS) is 23.3. The SMILES string of the molecule is O=C(O)/C=C/c1cc(F)c([C@@H]2c3[nH]c4ccccc4c3C[C@@H](C(F)F)N2C2CCOC2)c(F)c1. The molecule has 34 heavy (non-hydrogen) atoms. The Labute approximate surface area is 192 Å². The lowest BCUT2D eigenvalue weighted by Crippen LogP contribution is -2.53. The highest BCUT2D eigenvalue weighted by Crippen LogP contribution is 2.45. The van der Waals surface area contributed by atoms with Crippen LogP contribution in [0.2, 0.25) is 0 Å². The first-order valence-corrected chi connectivity index (χ1v) is 11.0. The van der Waals surface area contributed by atoms with E-state index in [4.69, 9.17) is 9.84 Å². The average Bonchev–Trinajstić information content (AvgIpc) is 3.44. The molecule has 2 aliphatic heterocycles. The number of alkyl halides is 2. The molecule has 1 fully saturated rings. The van der Waals surface area contributed by atoms with Crippen molar-refractivity contribution in [1.82, 2.24) is 9.88 Å². The van der Waals surface area contributed by atoms with E-state index >= 15 is 8.78 Å². The summed E-state index contributed by atoms with van der Waals surface area (Å²) in [6.07, 6.45) is -0.379. The minimum absolute atomic E-state index is 0.0231. The molecule has 178 valence electrons. The Kier molecular flexibility index (Phi) is 5.91. The second-order valence-corrected chi connectivity index (χ2v) is 8.61. The predicted octanol–water partition coefficient (Wildman–Crippen LogP) is 4.91. The number of carbonyl (C=O) groups is 1. The van der Waals surface area contributed by atoms with Crippen LogP contribution in [0.4, 0.5) is 17.6 Å². The molecule has 0 aliphatic carbocycles. The lowest BCUT2D eigenvalue weighted by molar-refractivity contribution is -0.131. The van der Waals surface area contributed by atoms with Crippen LogP contribution in [0.1, 0.15) is 34.8 Å². The van der Waals surface area contributed by atoms with Crippen LogP contribution in [-0.2, 0) is 16.0 Å². The minimum atomic E-state index is -2.74. The molecular formula is C25H22F4N2O3. The van der Waals surface area contributed by atoms with Gasteiger partial charge in [-0.25, -0.2) is 22.4 Å². The van der Waals surface area contributed by atoms with Gasteiger partial charge in [0.2, 0.25) is 0 Å². The topological polar surface area (TPSA) is 65.6 Å². The van der Waals surface area contributed by atoms with Crippen molar-refractivity contribution in [2.24, 2.45) is 0 Å². The lowest BCUT2D eigenvalue weighted by atomic mass is 9.85. The van der Waals surface area contributed by atoms with Crippen molar-refractivity contribution in [3.8, 4) is 0 Å². The Hall–Kier alpha value is -3.17. The second-order valence-electron chi connectivity index (χ2n) is 8.61. The van der Waals surface area contributed by atoms with Crippen LogP contribution in [-0.4, -0.2) is 52.7 Å². The number of nitrogens with one attached hydrogen (secondary N) is 1. The molecule has 3 heterocycles. The third-order valence-electron chi connectivity index (χ3n) is 6.63. The first kappa shape index (κ1) is 22.6. The van der Waals surface area contributed by atoms with Gasteiger partial charge in [0.15, 0.2) is 0 Å². The molecule has 5 rings (SSSR count). The summed E-state index contributed by atoms with van der Waals surface area (Å²) in [6, 6.07) is 6.44. The van der Waals surface area contributed by atoms with Crippen molar-refractivity contribution in [2.75, 3.05) is 13.2 Å². The average molecular weight is 474 g/mol. The number of para-hydroxylation sites is 1. The van der Waals surface area contributed by atoms with Crippen LogP contribution >= 0.6 is 0 Å². The molecule has 3 atom stereocenters. The van der Waals surface area contributed by atoms with E-state index in [-0.39, 0.29) is 24.2 Å². The van der Waals surface area contributed by atoms with Gasteiger partial charge in [-0.15, -0.1) is 0 Å². The molecule has 5 nitrogen and oxygen atoms in total. The van der Waals surface area contributed by atoms with E-state index in [2.05, 4.69) is 4.98 Å². The molecule has 0 radical (unpaired) electrons. The number of aliphatic carboxylic acids is 1. The summed E-state index contributed by atoms with van der Waals surface area (Å²) in [7, 11) is 0. The largest absolute Gasteiger partial charge is 0.478 e. The number of carboxylic acid groups (broad SMARTS) is 1. The van der Waals surface area contributed by atoms with Crippen molar-refractivity contribution >= 4 is 22.9 Å². The van der Waals surface area contributed by atoms with E-state index in [0.29, 0.717) is 29.8 Å². The number of rotatable bonds is 5. The van der Waals surface area contributed by atoms with Crippen molar-refractivity contribution in [3.63, 3.8) is 0 Å². The van der Waals surface area contributed by atoms with E-state index < -0.39 is 42.2 Å². The number of ether oxygens (including phenoxy) is 1. The smallest absolute Gasteiger partial charge is 0.328 e. The zero-order chi connectivity index (χ0) is 24.0. The highest BCUT2D eigenvalue weighted by atomic mass is 19.3. The maximum absolute atomic E-state index is 15.5. The number of fused-ring (bicyclic) bond motifs is 3. The van der Waals surface area contributed by atoms with Crippen molar-refractivity contribution < 1.29 is 32.2 Å². The van der Waals surface area contributed by atoms with Gasteiger partial charge in [-0.1, -0.05) is 18.2 Å². The van der Waals surface area contributed by atoms with Gasteiger partial charge in [-0.3, -0.25) is 4.90 Å². The number of benzene rings is 2. The van der Waals surface area contributed by atoms with Gasteiger partial charge in [-0.05, 0) is 48.2 Å². The van der Waals surface area contributed by atoms with E-state index in [1.807, 2.05) is 6.07 Å². The predicted molar refractivity (Wildman–Crippen MR) is 118 cm³/mol. The van der Waals surface area contributed by atoms with Crippen molar-refractivity contribution in [2.45, 2.75) is 37.4 Å². The molecule has 0 saturated carbocycles. The number of aromatic nitrogens is 1. The van der Waals surface area contributed by atoms with Gasteiger partial charge >= 0.3 is 5.97 Å². The van der Waals surface area contributed by atoms with Gasteiger partial charge in [0.25, 0.3) is 6.43 Å². The molecule has 2 N–H and O–H groups in total. The second kappa shape index (κ2) is 8.88. The summed E-state index contributed by atoms with van der Waals surface area (Å²) < 4.78 is 65.2.